The molecule has 2 aromatic rings. The molecule has 1 amide bonds. The number of aromatic nitrogens is 1. The molecule has 5 heteroatoms. The van der Waals surface area contributed by atoms with Crippen molar-refractivity contribution in [3.63, 3.8) is 0 Å². The number of rotatable bonds is 3. The summed E-state index contributed by atoms with van der Waals surface area (Å²) < 4.78 is 5.36. The van der Waals surface area contributed by atoms with Gasteiger partial charge in [-0.3, -0.25) is 4.79 Å². The molecule has 1 aromatic carbocycles. The first-order valence-corrected chi connectivity index (χ1v) is 7.45. The SMILES string of the molecule is CC(C)(NC(=O)C1[C@H]2CNC[C@@H]12)c1noc2ccccc12. The fraction of sp³-hybridized carbons (Fsp3) is 0.500. The van der Waals surface area contributed by atoms with E-state index in [4.69, 9.17) is 4.52 Å². The quantitative estimate of drug-likeness (QED) is 0.899. The third-order valence-electron chi connectivity index (χ3n) is 4.80. The number of carbonyl (C=O) groups excluding carboxylic acids is 1. The molecule has 1 aliphatic heterocycles. The van der Waals surface area contributed by atoms with E-state index in [-0.39, 0.29) is 11.8 Å². The van der Waals surface area contributed by atoms with E-state index in [0.717, 1.165) is 29.8 Å². The number of nitrogens with zero attached hydrogens (tertiary/aromatic N) is 1. The molecule has 1 aromatic heterocycles. The molecule has 110 valence electrons. The van der Waals surface area contributed by atoms with Crippen molar-refractivity contribution in [3.8, 4) is 0 Å². The van der Waals surface area contributed by atoms with E-state index >= 15 is 0 Å². The molecule has 0 radical (unpaired) electrons. The lowest BCUT2D eigenvalue weighted by molar-refractivity contribution is -0.124. The van der Waals surface area contributed by atoms with Crippen molar-refractivity contribution >= 4 is 16.9 Å². The van der Waals surface area contributed by atoms with Crippen LogP contribution in [0.15, 0.2) is 28.8 Å². The molecule has 0 bridgehead atoms. The van der Waals surface area contributed by atoms with Crippen molar-refractivity contribution in [3.05, 3.63) is 30.0 Å². The molecule has 21 heavy (non-hydrogen) atoms. The Morgan fingerprint density at radius 1 is 1.33 bits per heavy atom. The zero-order valence-electron chi connectivity index (χ0n) is 12.2. The van der Waals surface area contributed by atoms with Gasteiger partial charge in [-0.2, -0.15) is 0 Å². The Labute approximate surface area is 123 Å². The van der Waals surface area contributed by atoms with Crippen molar-refractivity contribution in [1.29, 1.82) is 0 Å². The Balaban J connectivity index is 1.57. The lowest BCUT2D eigenvalue weighted by atomic mass is 9.96. The highest BCUT2D eigenvalue weighted by Gasteiger charge is 2.57. The van der Waals surface area contributed by atoms with Gasteiger partial charge in [0.25, 0.3) is 0 Å². The average molecular weight is 285 g/mol. The molecule has 1 aliphatic carbocycles. The van der Waals surface area contributed by atoms with Gasteiger partial charge in [0.1, 0.15) is 5.69 Å². The molecule has 4 rings (SSSR count). The van der Waals surface area contributed by atoms with E-state index < -0.39 is 5.54 Å². The van der Waals surface area contributed by atoms with Gasteiger partial charge in [0.15, 0.2) is 5.58 Å². The minimum absolute atomic E-state index is 0.142. The van der Waals surface area contributed by atoms with Crippen LogP contribution in [0.2, 0.25) is 0 Å². The summed E-state index contributed by atoms with van der Waals surface area (Å²) in [4.78, 5) is 12.5. The topological polar surface area (TPSA) is 67.2 Å². The predicted octanol–water partition coefficient (Wildman–Crippen LogP) is 1.64. The van der Waals surface area contributed by atoms with Crippen LogP contribution >= 0.6 is 0 Å². The molecule has 1 unspecified atom stereocenters. The van der Waals surface area contributed by atoms with Gasteiger partial charge < -0.3 is 15.2 Å². The maximum atomic E-state index is 12.5. The molecular formula is C16H19N3O2. The maximum absolute atomic E-state index is 12.5. The van der Waals surface area contributed by atoms with Gasteiger partial charge in [-0.25, -0.2) is 0 Å². The fourth-order valence-corrected chi connectivity index (χ4v) is 3.59. The van der Waals surface area contributed by atoms with Crippen molar-refractivity contribution < 1.29 is 9.32 Å². The first-order valence-electron chi connectivity index (χ1n) is 7.45. The minimum atomic E-state index is -0.534. The zero-order valence-corrected chi connectivity index (χ0v) is 12.2. The van der Waals surface area contributed by atoms with Gasteiger partial charge >= 0.3 is 0 Å². The number of nitrogens with one attached hydrogen (secondary N) is 2. The Hall–Kier alpha value is -1.88. The van der Waals surface area contributed by atoms with Gasteiger partial charge in [0.2, 0.25) is 5.91 Å². The second-order valence-corrected chi connectivity index (χ2v) is 6.65. The Kier molecular flexibility index (Phi) is 2.63. The lowest BCUT2D eigenvalue weighted by Gasteiger charge is -2.24. The minimum Gasteiger partial charge on any atom is -0.356 e. The molecule has 5 nitrogen and oxygen atoms in total. The molecule has 2 heterocycles. The maximum Gasteiger partial charge on any atom is 0.224 e. The summed E-state index contributed by atoms with van der Waals surface area (Å²) in [5.74, 6) is 1.36. The predicted molar refractivity (Wildman–Crippen MR) is 78.5 cm³/mol. The summed E-state index contributed by atoms with van der Waals surface area (Å²) in [6.45, 7) is 5.89. The number of benzene rings is 1. The summed E-state index contributed by atoms with van der Waals surface area (Å²) in [6, 6.07) is 7.74. The molecule has 2 N–H and O–H groups in total. The van der Waals surface area contributed by atoms with Crippen LogP contribution in [0, 0.1) is 17.8 Å². The highest BCUT2D eigenvalue weighted by atomic mass is 16.5. The van der Waals surface area contributed by atoms with Gasteiger partial charge in [0, 0.05) is 11.3 Å². The van der Waals surface area contributed by atoms with E-state index in [0.29, 0.717) is 11.8 Å². The lowest BCUT2D eigenvalue weighted by Crippen LogP contribution is -2.43. The van der Waals surface area contributed by atoms with Crippen molar-refractivity contribution in [1.82, 2.24) is 15.8 Å². The zero-order chi connectivity index (χ0) is 14.6. The van der Waals surface area contributed by atoms with E-state index in [1.165, 1.54) is 0 Å². The number of hydrogen-bond acceptors (Lipinski definition) is 4. The largest absolute Gasteiger partial charge is 0.356 e. The van der Waals surface area contributed by atoms with Crippen LogP contribution in [-0.4, -0.2) is 24.2 Å². The van der Waals surface area contributed by atoms with Crippen LogP contribution in [-0.2, 0) is 10.3 Å². The molecule has 0 spiro atoms. The Morgan fingerprint density at radius 3 is 2.81 bits per heavy atom. The molecule has 1 saturated heterocycles. The Bertz CT molecular complexity index is 696. The smallest absolute Gasteiger partial charge is 0.224 e. The van der Waals surface area contributed by atoms with E-state index in [1.54, 1.807) is 0 Å². The van der Waals surface area contributed by atoms with Gasteiger partial charge in [-0.1, -0.05) is 17.3 Å². The normalized spacial score (nSPS) is 27.6. The third-order valence-corrected chi connectivity index (χ3v) is 4.80. The van der Waals surface area contributed by atoms with E-state index in [1.807, 2.05) is 38.1 Å². The highest BCUT2D eigenvalue weighted by molar-refractivity contribution is 5.85. The van der Waals surface area contributed by atoms with Crippen molar-refractivity contribution in [2.45, 2.75) is 19.4 Å². The van der Waals surface area contributed by atoms with Gasteiger partial charge in [-0.05, 0) is 50.9 Å². The van der Waals surface area contributed by atoms with Crippen molar-refractivity contribution in [2.75, 3.05) is 13.1 Å². The first kappa shape index (κ1) is 12.8. The number of para-hydroxylation sites is 1. The summed E-state index contributed by atoms with van der Waals surface area (Å²) in [5, 5.41) is 11.6. The van der Waals surface area contributed by atoms with Gasteiger partial charge in [-0.15, -0.1) is 0 Å². The summed E-state index contributed by atoms with van der Waals surface area (Å²) in [7, 11) is 0. The summed E-state index contributed by atoms with van der Waals surface area (Å²) in [5.41, 5.74) is 1.01. The number of fused-ring (bicyclic) bond motifs is 2. The Morgan fingerprint density at radius 2 is 2.05 bits per heavy atom. The van der Waals surface area contributed by atoms with Crippen LogP contribution in [0.1, 0.15) is 19.5 Å². The number of amides is 1. The molecule has 1 saturated carbocycles. The number of piperidine rings is 1. The molecule has 3 atom stereocenters. The van der Waals surface area contributed by atoms with E-state index in [2.05, 4.69) is 15.8 Å². The fourth-order valence-electron chi connectivity index (χ4n) is 3.59. The third kappa shape index (κ3) is 1.95. The molecule has 2 aliphatic rings. The summed E-state index contributed by atoms with van der Waals surface area (Å²) in [6.07, 6.45) is 0. The van der Waals surface area contributed by atoms with Crippen LogP contribution in [0.4, 0.5) is 0 Å². The van der Waals surface area contributed by atoms with Crippen LogP contribution in [0.3, 0.4) is 0 Å². The second-order valence-electron chi connectivity index (χ2n) is 6.65. The monoisotopic (exact) mass is 285 g/mol. The van der Waals surface area contributed by atoms with Crippen LogP contribution in [0.25, 0.3) is 11.0 Å². The van der Waals surface area contributed by atoms with Crippen LogP contribution in [0.5, 0.6) is 0 Å². The van der Waals surface area contributed by atoms with Crippen molar-refractivity contribution in [2.24, 2.45) is 17.8 Å². The molecule has 2 fully saturated rings. The number of carbonyl (C=O) groups is 1. The van der Waals surface area contributed by atoms with E-state index in [9.17, 15) is 4.79 Å². The van der Waals surface area contributed by atoms with Gasteiger partial charge in [0.05, 0.1) is 5.54 Å². The summed E-state index contributed by atoms with van der Waals surface area (Å²) >= 11 is 0. The number of hydrogen-bond donors (Lipinski definition) is 2. The van der Waals surface area contributed by atoms with Crippen LogP contribution < -0.4 is 10.6 Å². The first-order chi connectivity index (χ1) is 10.1. The highest BCUT2D eigenvalue weighted by Crippen LogP contribution is 2.49. The standard InChI is InChI=1S/C16H19N3O2/c1-16(2,14-9-5-3-4-6-12(9)21-19-14)18-15(20)13-10-7-17-8-11(10)13/h3-6,10-11,13,17H,7-8H2,1-2H3,(H,18,20)/t10-,11+,13?. The molecular weight excluding hydrogens is 266 g/mol. The average Bonchev–Trinajstić information content (AvgIpc) is 2.82. The second kappa shape index (κ2) is 4.31.